The summed E-state index contributed by atoms with van der Waals surface area (Å²) in [4.78, 5) is 26.6. The number of carbonyl (C=O) groups excluding carboxylic acids is 1. The van der Waals surface area contributed by atoms with E-state index in [1.54, 1.807) is 48.8 Å². The number of nitrogens with zero attached hydrogens (tertiary/aromatic N) is 4. The van der Waals surface area contributed by atoms with Crippen molar-refractivity contribution in [2.75, 3.05) is 0 Å². The third-order valence-electron chi connectivity index (χ3n) is 4.82. The van der Waals surface area contributed by atoms with Gasteiger partial charge in [-0.2, -0.15) is 4.98 Å². The van der Waals surface area contributed by atoms with Gasteiger partial charge in [0, 0.05) is 41.1 Å². The van der Waals surface area contributed by atoms with Crippen LogP contribution in [0.3, 0.4) is 0 Å². The van der Waals surface area contributed by atoms with E-state index in [1.165, 1.54) is 0 Å². The first kappa shape index (κ1) is 17.9. The van der Waals surface area contributed by atoms with E-state index in [1.807, 2.05) is 30.3 Å². The maximum Gasteiger partial charge on any atom is 0.258 e. The molecule has 0 fully saturated rings. The number of carbonyl (C=O) groups is 1. The van der Waals surface area contributed by atoms with Gasteiger partial charge >= 0.3 is 0 Å². The standard InChI is InChI=1S/C23H16N4O3/c28-21(15-5-2-1-3-6-15)16-8-10-17(11-9-16)23-25-22(27-30-23)20-13-19(26-29-20)18-7-4-12-24-14-18/h1-12,14,20H,13H2. The summed E-state index contributed by atoms with van der Waals surface area (Å²) in [7, 11) is 0. The van der Waals surface area contributed by atoms with Crippen LogP contribution < -0.4 is 0 Å². The average molecular weight is 396 g/mol. The van der Waals surface area contributed by atoms with Crippen LogP contribution in [-0.4, -0.2) is 26.6 Å². The molecule has 0 radical (unpaired) electrons. The summed E-state index contributed by atoms with van der Waals surface area (Å²) in [5.41, 5.74) is 3.67. The highest BCUT2D eigenvalue weighted by Gasteiger charge is 2.28. The van der Waals surface area contributed by atoms with Gasteiger partial charge in [-0.3, -0.25) is 9.78 Å². The van der Waals surface area contributed by atoms with Gasteiger partial charge in [-0.15, -0.1) is 0 Å². The third-order valence-corrected chi connectivity index (χ3v) is 4.82. The van der Waals surface area contributed by atoms with E-state index < -0.39 is 6.10 Å². The molecule has 0 saturated carbocycles. The zero-order valence-corrected chi connectivity index (χ0v) is 15.8. The molecule has 3 heterocycles. The van der Waals surface area contributed by atoms with Crippen LogP contribution in [0, 0.1) is 0 Å². The number of aromatic nitrogens is 3. The highest BCUT2D eigenvalue weighted by molar-refractivity contribution is 6.09. The minimum atomic E-state index is -0.406. The molecule has 5 rings (SSSR count). The van der Waals surface area contributed by atoms with Crippen LogP contribution >= 0.6 is 0 Å². The van der Waals surface area contributed by atoms with Crippen molar-refractivity contribution in [3.63, 3.8) is 0 Å². The molecule has 1 aliphatic heterocycles. The highest BCUT2D eigenvalue weighted by Crippen LogP contribution is 2.29. The monoisotopic (exact) mass is 396 g/mol. The van der Waals surface area contributed by atoms with Gasteiger partial charge in [0.05, 0.1) is 5.71 Å². The second-order valence-electron chi connectivity index (χ2n) is 6.81. The van der Waals surface area contributed by atoms with Crippen LogP contribution in [0.2, 0.25) is 0 Å². The fourth-order valence-electron chi connectivity index (χ4n) is 3.22. The minimum Gasteiger partial charge on any atom is -0.383 e. The number of benzene rings is 2. The quantitative estimate of drug-likeness (QED) is 0.469. The van der Waals surface area contributed by atoms with Gasteiger partial charge in [-0.05, 0) is 24.3 Å². The topological polar surface area (TPSA) is 90.5 Å². The van der Waals surface area contributed by atoms with E-state index in [0.717, 1.165) is 16.8 Å². The molecule has 4 aromatic rings. The largest absolute Gasteiger partial charge is 0.383 e. The molecule has 0 saturated heterocycles. The Balaban J connectivity index is 1.30. The molecule has 1 unspecified atom stereocenters. The first-order chi connectivity index (χ1) is 14.8. The maximum absolute atomic E-state index is 12.5. The van der Waals surface area contributed by atoms with E-state index >= 15 is 0 Å². The number of ketones is 1. The molecule has 0 bridgehead atoms. The number of oxime groups is 1. The fourth-order valence-corrected chi connectivity index (χ4v) is 3.22. The predicted octanol–water partition coefficient (Wildman–Crippen LogP) is 4.23. The summed E-state index contributed by atoms with van der Waals surface area (Å²) in [6.07, 6.45) is 3.58. The Bertz CT molecular complexity index is 1200. The van der Waals surface area contributed by atoms with Gasteiger partial charge < -0.3 is 9.36 Å². The molecule has 1 atom stereocenters. The van der Waals surface area contributed by atoms with Crippen LogP contribution in [0.1, 0.15) is 39.8 Å². The first-order valence-corrected chi connectivity index (χ1v) is 9.45. The fraction of sp³-hybridized carbons (Fsp3) is 0.0870. The second kappa shape index (κ2) is 7.71. The van der Waals surface area contributed by atoms with Crippen molar-refractivity contribution in [1.82, 2.24) is 15.1 Å². The highest BCUT2D eigenvalue weighted by atomic mass is 16.6. The van der Waals surface area contributed by atoms with Crippen LogP contribution in [0.4, 0.5) is 0 Å². The van der Waals surface area contributed by atoms with Crippen LogP contribution in [0.5, 0.6) is 0 Å². The van der Waals surface area contributed by atoms with Crippen molar-refractivity contribution in [3.8, 4) is 11.5 Å². The third kappa shape index (κ3) is 3.48. The Morgan fingerprint density at radius 3 is 2.47 bits per heavy atom. The van der Waals surface area contributed by atoms with Crippen molar-refractivity contribution < 1.29 is 14.2 Å². The maximum atomic E-state index is 12.5. The number of pyridine rings is 1. The van der Waals surface area contributed by atoms with Crippen molar-refractivity contribution in [2.45, 2.75) is 12.5 Å². The Morgan fingerprint density at radius 1 is 0.900 bits per heavy atom. The van der Waals surface area contributed by atoms with E-state index in [-0.39, 0.29) is 5.78 Å². The predicted molar refractivity (Wildman–Crippen MR) is 109 cm³/mol. The Hall–Kier alpha value is -4.13. The van der Waals surface area contributed by atoms with Gasteiger partial charge in [0.1, 0.15) is 0 Å². The molecule has 7 heteroatoms. The lowest BCUT2D eigenvalue weighted by Crippen LogP contribution is -2.03. The lowest BCUT2D eigenvalue weighted by molar-refractivity contribution is 0.0772. The summed E-state index contributed by atoms with van der Waals surface area (Å²) >= 11 is 0. The van der Waals surface area contributed by atoms with Gasteiger partial charge in [0.2, 0.25) is 5.82 Å². The number of hydrogen-bond donors (Lipinski definition) is 0. The summed E-state index contributed by atoms with van der Waals surface area (Å²) in [5, 5.41) is 8.16. The molecule has 146 valence electrons. The molecule has 0 N–H and O–H groups in total. The van der Waals surface area contributed by atoms with Crippen LogP contribution in [-0.2, 0) is 4.84 Å². The van der Waals surface area contributed by atoms with E-state index in [9.17, 15) is 4.79 Å². The molecule has 30 heavy (non-hydrogen) atoms. The van der Waals surface area contributed by atoms with Crippen molar-refractivity contribution in [1.29, 1.82) is 0 Å². The number of rotatable bonds is 5. The van der Waals surface area contributed by atoms with Crippen molar-refractivity contribution >= 4 is 11.5 Å². The molecule has 0 amide bonds. The average Bonchev–Trinajstić information content (AvgIpc) is 3.50. The summed E-state index contributed by atoms with van der Waals surface area (Å²) in [6, 6.07) is 20.0. The summed E-state index contributed by atoms with van der Waals surface area (Å²) < 4.78 is 5.40. The van der Waals surface area contributed by atoms with Gasteiger partial charge in [0.15, 0.2) is 11.9 Å². The lowest BCUT2D eigenvalue weighted by Gasteiger charge is -2.02. The molecule has 0 aliphatic carbocycles. The molecule has 2 aromatic heterocycles. The van der Waals surface area contributed by atoms with Crippen LogP contribution in [0.15, 0.2) is 88.8 Å². The second-order valence-corrected chi connectivity index (χ2v) is 6.81. The molecule has 1 aliphatic rings. The molecule has 7 nitrogen and oxygen atoms in total. The van der Waals surface area contributed by atoms with Crippen LogP contribution in [0.25, 0.3) is 11.5 Å². The molecular weight excluding hydrogens is 380 g/mol. The Labute approximate surface area is 172 Å². The number of hydrogen-bond acceptors (Lipinski definition) is 7. The van der Waals surface area contributed by atoms with Crippen molar-refractivity contribution in [3.05, 3.63) is 102 Å². The summed E-state index contributed by atoms with van der Waals surface area (Å²) in [5.74, 6) is 0.757. The Morgan fingerprint density at radius 2 is 1.70 bits per heavy atom. The normalized spacial score (nSPS) is 15.5. The van der Waals surface area contributed by atoms with E-state index in [4.69, 9.17) is 9.36 Å². The van der Waals surface area contributed by atoms with E-state index in [0.29, 0.717) is 29.3 Å². The molecule has 2 aromatic carbocycles. The van der Waals surface area contributed by atoms with E-state index in [2.05, 4.69) is 20.3 Å². The molecule has 0 spiro atoms. The van der Waals surface area contributed by atoms with Crippen molar-refractivity contribution in [2.24, 2.45) is 5.16 Å². The lowest BCUT2D eigenvalue weighted by atomic mass is 10.0. The Kier molecular flexibility index (Phi) is 4.61. The smallest absolute Gasteiger partial charge is 0.258 e. The van der Waals surface area contributed by atoms with Gasteiger partial charge in [0.25, 0.3) is 5.89 Å². The SMILES string of the molecule is O=C(c1ccccc1)c1ccc(-c2nc(C3CC(c4cccnc4)=NO3)no2)cc1. The van der Waals surface area contributed by atoms with Gasteiger partial charge in [-0.25, -0.2) is 0 Å². The first-order valence-electron chi connectivity index (χ1n) is 9.45. The molecular formula is C23H16N4O3. The zero-order chi connectivity index (χ0) is 20.3. The summed E-state index contributed by atoms with van der Waals surface area (Å²) in [6.45, 7) is 0. The zero-order valence-electron chi connectivity index (χ0n) is 15.8. The van der Waals surface area contributed by atoms with Gasteiger partial charge in [-0.1, -0.05) is 52.8 Å². The minimum absolute atomic E-state index is 0.0344.